The maximum absolute atomic E-state index is 12.2. The molecule has 0 bridgehead atoms. The number of sulfonamides is 1. The van der Waals surface area contributed by atoms with E-state index in [0.29, 0.717) is 0 Å². The molecule has 0 saturated heterocycles. The summed E-state index contributed by atoms with van der Waals surface area (Å²) in [6.45, 7) is 3.29. The zero-order valence-electron chi connectivity index (χ0n) is 11.9. The molecule has 0 aliphatic carbocycles. The SMILES string of the molecule is CC(C)C(=O)NS(=O)(=O)c1cccc(-c2ccccc2)c1. The molecule has 0 fully saturated rings. The molecule has 0 unspecified atom stereocenters. The minimum atomic E-state index is -3.83. The standard InChI is InChI=1S/C16H17NO3S/c1-12(2)16(18)17-21(19,20)15-10-6-9-14(11-15)13-7-4-3-5-8-13/h3-12H,1-2H3,(H,17,18). The number of rotatable bonds is 4. The van der Waals surface area contributed by atoms with Gasteiger partial charge >= 0.3 is 0 Å². The zero-order valence-corrected chi connectivity index (χ0v) is 12.7. The van der Waals surface area contributed by atoms with Crippen molar-refractivity contribution in [2.45, 2.75) is 18.7 Å². The van der Waals surface area contributed by atoms with Gasteiger partial charge in [0.2, 0.25) is 5.91 Å². The quantitative estimate of drug-likeness (QED) is 0.944. The van der Waals surface area contributed by atoms with Gasteiger partial charge in [-0.3, -0.25) is 4.79 Å². The first kappa shape index (κ1) is 15.3. The van der Waals surface area contributed by atoms with Crippen molar-refractivity contribution >= 4 is 15.9 Å². The van der Waals surface area contributed by atoms with Crippen LogP contribution in [0.4, 0.5) is 0 Å². The molecular formula is C16H17NO3S. The molecule has 21 heavy (non-hydrogen) atoms. The van der Waals surface area contributed by atoms with Crippen LogP contribution in [0.15, 0.2) is 59.5 Å². The first-order chi connectivity index (χ1) is 9.90. The summed E-state index contributed by atoms with van der Waals surface area (Å²) in [5.74, 6) is -0.905. The summed E-state index contributed by atoms with van der Waals surface area (Å²) in [6, 6.07) is 16.0. The molecule has 2 rings (SSSR count). The molecule has 2 aromatic carbocycles. The second-order valence-corrected chi connectivity index (χ2v) is 6.70. The highest BCUT2D eigenvalue weighted by molar-refractivity contribution is 7.90. The number of carbonyl (C=O) groups excluding carboxylic acids is 1. The van der Waals surface area contributed by atoms with Crippen molar-refractivity contribution < 1.29 is 13.2 Å². The molecule has 1 amide bonds. The monoisotopic (exact) mass is 303 g/mol. The second-order valence-electron chi connectivity index (χ2n) is 5.02. The Morgan fingerprint density at radius 2 is 1.57 bits per heavy atom. The average molecular weight is 303 g/mol. The van der Waals surface area contributed by atoms with E-state index in [9.17, 15) is 13.2 Å². The first-order valence-electron chi connectivity index (χ1n) is 6.62. The van der Waals surface area contributed by atoms with Crippen LogP contribution in [0.2, 0.25) is 0 Å². The minimum Gasteiger partial charge on any atom is -0.274 e. The fraction of sp³-hybridized carbons (Fsp3) is 0.188. The van der Waals surface area contributed by atoms with Crippen molar-refractivity contribution in [2.24, 2.45) is 5.92 Å². The average Bonchev–Trinajstić information content (AvgIpc) is 2.48. The van der Waals surface area contributed by atoms with Crippen molar-refractivity contribution in [1.82, 2.24) is 4.72 Å². The number of amides is 1. The summed E-state index contributed by atoms with van der Waals surface area (Å²) < 4.78 is 26.5. The maximum Gasteiger partial charge on any atom is 0.264 e. The number of nitrogens with one attached hydrogen (secondary N) is 1. The van der Waals surface area contributed by atoms with Crippen molar-refractivity contribution in [2.75, 3.05) is 0 Å². The van der Waals surface area contributed by atoms with Gasteiger partial charge in [0.25, 0.3) is 10.0 Å². The van der Waals surface area contributed by atoms with Crippen LogP contribution in [0.3, 0.4) is 0 Å². The van der Waals surface area contributed by atoms with Gasteiger partial charge in [0, 0.05) is 5.92 Å². The Morgan fingerprint density at radius 3 is 2.19 bits per heavy atom. The van der Waals surface area contributed by atoms with E-state index >= 15 is 0 Å². The van der Waals surface area contributed by atoms with E-state index in [1.54, 1.807) is 26.0 Å². The second kappa shape index (κ2) is 6.10. The molecule has 0 aliphatic heterocycles. The Bertz CT molecular complexity index is 737. The zero-order chi connectivity index (χ0) is 15.5. The fourth-order valence-electron chi connectivity index (χ4n) is 1.78. The van der Waals surface area contributed by atoms with E-state index < -0.39 is 21.8 Å². The highest BCUT2D eigenvalue weighted by Gasteiger charge is 2.19. The molecule has 0 saturated carbocycles. The van der Waals surface area contributed by atoms with Crippen LogP contribution in [0, 0.1) is 5.92 Å². The Hall–Kier alpha value is -2.14. The third-order valence-electron chi connectivity index (χ3n) is 3.01. The lowest BCUT2D eigenvalue weighted by atomic mass is 10.1. The van der Waals surface area contributed by atoms with Crippen molar-refractivity contribution in [3.8, 4) is 11.1 Å². The molecule has 2 aromatic rings. The van der Waals surface area contributed by atoms with Gasteiger partial charge in [-0.1, -0.05) is 56.3 Å². The molecule has 0 aliphatic rings. The van der Waals surface area contributed by atoms with Crippen molar-refractivity contribution in [3.63, 3.8) is 0 Å². The number of hydrogen-bond donors (Lipinski definition) is 1. The Kier molecular flexibility index (Phi) is 4.43. The van der Waals surface area contributed by atoms with Crippen LogP contribution in [0.25, 0.3) is 11.1 Å². The molecular weight excluding hydrogens is 286 g/mol. The minimum absolute atomic E-state index is 0.0813. The molecule has 5 heteroatoms. The molecule has 0 aromatic heterocycles. The summed E-state index contributed by atoms with van der Waals surface area (Å²) in [5.41, 5.74) is 1.71. The summed E-state index contributed by atoms with van der Waals surface area (Å²) in [5, 5.41) is 0. The Labute approximate surface area is 124 Å². The van der Waals surface area contributed by atoms with E-state index in [2.05, 4.69) is 4.72 Å². The van der Waals surface area contributed by atoms with E-state index in [4.69, 9.17) is 0 Å². The lowest BCUT2D eigenvalue weighted by molar-refractivity contribution is -0.122. The van der Waals surface area contributed by atoms with Crippen LogP contribution in [-0.4, -0.2) is 14.3 Å². The number of hydrogen-bond acceptors (Lipinski definition) is 3. The highest BCUT2D eigenvalue weighted by atomic mass is 32.2. The summed E-state index contributed by atoms with van der Waals surface area (Å²) in [4.78, 5) is 11.7. The first-order valence-corrected chi connectivity index (χ1v) is 8.10. The predicted octanol–water partition coefficient (Wildman–Crippen LogP) is 2.81. The molecule has 110 valence electrons. The normalized spacial score (nSPS) is 11.4. The lowest BCUT2D eigenvalue weighted by Crippen LogP contribution is -2.33. The largest absolute Gasteiger partial charge is 0.274 e. The van der Waals surface area contributed by atoms with Gasteiger partial charge in [-0.25, -0.2) is 13.1 Å². The molecule has 0 atom stereocenters. The van der Waals surface area contributed by atoms with Crippen molar-refractivity contribution in [1.29, 1.82) is 0 Å². The van der Waals surface area contributed by atoms with Gasteiger partial charge in [-0.05, 0) is 23.3 Å². The van der Waals surface area contributed by atoms with E-state index in [-0.39, 0.29) is 4.90 Å². The van der Waals surface area contributed by atoms with Gasteiger partial charge < -0.3 is 0 Å². The lowest BCUT2D eigenvalue weighted by Gasteiger charge is -2.10. The van der Waals surface area contributed by atoms with Gasteiger partial charge in [0.05, 0.1) is 4.90 Å². The molecule has 0 spiro atoms. The smallest absolute Gasteiger partial charge is 0.264 e. The van der Waals surface area contributed by atoms with Gasteiger partial charge in [0.15, 0.2) is 0 Å². The van der Waals surface area contributed by atoms with Crippen LogP contribution >= 0.6 is 0 Å². The maximum atomic E-state index is 12.2. The van der Waals surface area contributed by atoms with E-state index in [1.807, 2.05) is 36.4 Å². The van der Waals surface area contributed by atoms with Crippen LogP contribution in [0.1, 0.15) is 13.8 Å². The number of benzene rings is 2. The Morgan fingerprint density at radius 1 is 0.952 bits per heavy atom. The number of carbonyl (C=O) groups is 1. The third kappa shape index (κ3) is 3.70. The van der Waals surface area contributed by atoms with Crippen molar-refractivity contribution in [3.05, 3.63) is 54.6 Å². The topological polar surface area (TPSA) is 63.2 Å². The van der Waals surface area contributed by atoms with Crippen LogP contribution in [-0.2, 0) is 14.8 Å². The van der Waals surface area contributed by atoms with E-state index in [1.165, 1.54) is 6.07 Å². The molecule has 0 heterocycles. The third-order valence-corrected chi connectivity index (χ3v) is 4.36. The van der Waals surface area contributed by atoms with Crippen LogP contribution in [0.5, 0.6) is 0 Å². The van der Waals surface area contributed by atoms with Gasteiger partial charge in [-0.15, -0.1) is 0 Å². The summed E-state index contributed by atoms with van der Waals surface area (Å²) in [7, 11) is -3.83. The van der Waals surface area contributed by atoms with E-state index in [0.717, 1.165) is 11.1 Å². The van der Waals surface area contributed by atoms with Gasteiger partial charge in [-0.2, -0.15) is 0 Å². The van der Waals surface area contributed by atoms with Gasteiger partial charge in [0.1, 0.15) is 0 Å². The molecule has 1 N–H and O–H groups in total. The summed E-state index contributed by atoms with van der Waals surface area (Å²) in [6.07, 6.45) is 0. The Balaban J connectivity index is 2.35. The van der Waals surface area contributed by atoms with Crippen LogP contribution < -0.4 is 4.72 Å². The predicted molar refractivity (Wildman–Crippen MR) is 82.0 cm³/mol. The summed E-state index contributed by atoms with van der Waals surface area (Å²) >= 11 is 0. The highest BCUT2D eigenvalue weighted by Crippen LogP contribution is 2.22. The fourth-order valence-corrected chi connectivity index (χ4v) is 2.94. The molecule has 0 radical (unpaired) electrons. The molecule has 4 nitrogen and oxygen atoms in total.